The van der Waals surface area contributed by atoms with E-state index in [2.05, 4.69) is 4.98 Å². The van der Waals surface area contributed by atoms with Gasteiger partial charge in [0.1, 0.15) is 12.4 Å². The Hall–Kier alpha value is -2.56. The van der Waals surface area contributed by atoms with E-state index in [1.54, 1.807) is 31.5 Å². The number of amidine groups is 1. The summed E-state index contributed by atoms with van der Waals surface area (Å²) in [5.74, 6) is 1.14. The number of hydrogen-bond acceptors (Lipinski definition) is 4. The molecular weight excluding hydrogens is 254 g/mol. The summed E-state index contributed by atoms with van der Waals surface area (Å²) in [6.07, 6.45) is 1.74. The maximum Gasteiger partial charge on any atom is 0.161 e. The number of methoxy groups -OCH3 is 1. The Morgan fingerprint density at radius 1 is 1.30 bits per heavy atom. The molecule has 1 aromatic carbocycles. The summed E-state index contributed by atoms with van der Waals surface area (Å²) in [7, 11) is 1.55. The van der Waals surface area contributed by atoms with Crippen LogP contribution >= 0.6 is 0 Å². The van der Waals surface area contributed by atoms with Gasteiger partial charge in [-0.1, -0.05) is 6.07 Å². The highest BCUT2D eigenvalue weighted by Crippen LogP contribution is 2.28. The number of ether oxygens (including phenoxy) is 2. The third-order valence-electron chi connectivity index (χ3n) is 2.96. The van der Waals surface area contributed by atoms with Crippen molar-refractivity contribution in [3.05, 3.63) is 53.3 Å². The smallest absolute Gasteiger partial charge is 0.161 e. The van der Waals surface area contributed by atoms with E-state index in [9.17, 15) is 0 Å². The summed E-state index contributed by atoms with van der Waals surface area (Å²) < 4.78 is 11.0. The second-order valence-corrected chi connectivity index (χ2v) is 4.33. The van der Waals surface area contributed by atoms with Crippen LogP contribution in [0.3, 0.4) is 0 Å². The SMILES string of the molecule is COc1cc(C(=N)N)ccc1OCc1ncccc1C. The van der Waals surface area contributed by atoms with Crippen molar-refractivity contribution in [3.8, 4) is 11.5 Å². The number of nitrogens with one attached hydrogen (secondary N) is 1. The van der Waals surface area contributed by atoms with Gasteiger partial charge in [0.15, 0.2) is 11.5 Å². The van der Waals surface area contributed by atoms with Gasteiger partial charge in [-0.3, -0.25) is 10.4 Å². The Balaban J connectivity index is 2.17. The maximum atomic E-state index is 7.41. The van der Waals surface area contributed by atoms with Gasteiger partial charge in [-0.2, -0.15) is 0 Å². The molecule has 104 valence electrons. The summed E-state index contributed by atoms with van der Waals surface area (Å²) >= 11 is 0. The van der Waals surface area contributed by atoms with Crippen LogP contribution < -0.4 is 15.2 Å². The number of rotatable bonds is 5. The van der Waals surface area contributed by atoms with E-state index in [-0.39, 0.29) is 5.84 Å². The minimum absolute atomic E-state index is 0.00424. The van der Waals surface area contributed by atoms with Crippen molar-refractivity contribution in [1.82, 2.24) is 4.98 Å². The Kier molecular flexibility index (Phi) is 4.20. The molecule has 0 aliphatic carbocycles. The summed E-state index contributed by atoms with van der Waals surface area (Å²) in [4.78, 5) is 4.27. The number of hydrogen-bond donors (Lipinski definition) is 2. The molecule has 0 aliphatic heterocycles. The number of nitrogens with two attached hydrogens (primary N) is 1. The highest BCUT2D eigenvalue weighted by molar-refractivity contribution is 5.95. The molecule has 20 heavy (non-hydrogen) atoms. The Morgan fingerprint density at radius 2 is 2.10 bits per heavy atom. The van der Waals surface area contributed by atoms with Gasteiger partial charge < -0.3 is 15.2 Å². The lowest BCUT2D eigenvalue weighted by Crippen LogP contribution is -2.11. The molecule has 0 bridgehead atoms. The van der Waals surface area contributed by atoms with Crippen LogP contribution in [0.15, 0.2) is 36.5 Å². The van der Waals surface area contributed by atoms with Crippen molar-refractivity contribution < 1.29 is 9.47 Å². The quantitative estimate of drug-likeness (QED) is 0.645. The first-order chi connectivity index (χ1) is 9.61. The van der Waals surface area contributed by atoms with Gasteiger partial charge in [-0.25, -0.2) is 0 Å². The zero-order chi connectivity index (χ0) is 14.5. The number of pyridine rings is 1. The normalized spacial score (nSPS) is 10.1. The molecule has 2 rings (SSSR count). The molecule has 0 spiro atoms. The topological polar surface area (TPSA) is 81.2 Å². The van der Waals surface area contributed by atoms with E-state index in [1.165, 1.54) is 0 Å². The van der Waals surface area contributed by atoms with Crippen molar-refractivity contribution in [2.24, 2.45) is 5.73 Å². The van der Waals surface area contributed by atoms with Crippen LogP contribution in [0.5, 0.6) is 11.5 Å². The van der Waals surface area contributed by atoms with Crippen molar-refractivity contribution in [2.75, 3.05) is 7.11 Å². The average molecular weight is 271 g/mol. The standard InChI is InChI=1S/C15H17N3O2/c1-10-4-3-7-18-12(10)9-20-13-6-5-11(15(16)17)8-14(13)19-2/h3-8H,9H2,1-2H3,(H3,16,17). The average Bonchev–Trinajstić information content (AvgIpc) is 2.46. The molecule has 0 saturated heterocycles. The molecule has 5 heteroatoms. The lowest BCUT2D eigenvalue weighted by atomic mass is 10.2. The first-order valence-electron chi connectivity index (χ1n) is 6.17. The van der Waals surface area contributed by atoms with Crippen molar-refractivity contribution >= 4 is 5.84 Å². The summed E-state index contributed by atoms with van der Waals surface area (Å²) in [5.41, 5.74) is 8.00. The third-order valence-corrected chi connectivity index (χ3v) is 2.96. The van der Waals surface area contributed by atoms with Crippen LogP contribution in [-0.4, -0.2) is 17.9 Å². The number of nitrogen functional groups attached to an aromatic ring is 1. The Labute approximate surface area is 117 Å². The van der Waals surface area contributed by atoms with Crippen LogP contribution in [-0.2, 0) is 6.61 Å². The van der Waals surface area contributed by atoms with E-state index < -0.39 is 0 Å². The lowest BCUT2D eigenvalue weighted by molar-refractivity contribution is 0.280. The Bertz CT molecular complexity index is 626. The zero-order valence-corrected chi connectivity index (χ0v) is 11.5. The second kappa shape index (κ2) is 6.06. The molecular formula is C15H17N3O2. The molecule has 1 aromatic heterocycles. The fourth-order valence-corrected chi connectivity index (χ4v) is 1.77. The summed E-state index contributed by atoms with van der Waals surface area (Å²) in [6, 6.07) is 9.03. The van der Waals surface area contributed by atoms with Crippen molar-refractivity contribution in [2.45, 2.75) is 13.5 Å². The molecule has 2 aromatic rings. The van der Waals surface area contributed by atoms with E-state index in [0.29, 0.717) is 23.7 Å². The largest absolute Gasteiger partial charge is 0.493 e. The van der Waals surface area contributed by atoms with E-state index in [0.717, 1.165) is 11.3 Å². The molecule has 0 aliphatic rings. The highest BCUT2D eigenvalue weighted by Gasteiger charge is 2.08. The van der Waals surface area contributed by atoms with Gasteiger partial charge in [-0.15, -0.1) is 0 Å². The lowest BCUT2D eigenvalue weighted by Gasteiger charge is -2.12. The minimum Gasteiger partial charge on any atom is -0.493 e. The molecule has 0 atom stereocenters. The van der Waals surface area contributed by atoms with Crippen molar-refractivity contribution in [3.63, 3.8) is 0 Å². The molecule has 1 heterocycles. The van der Waals surface area contributed by atoms with E-state index in [4.69, 9.17) is 20.6 Å². The predicted molar refractivity (Wildman–Crippen MR) is 77.3 cm³/mol. The number of aryl methyl sites for hydroxylation is 1. The number of nitrogens with zero attached hydrogens (tertiary/aromatic N) is 1. The van der Waals surface area contributed by atoms with Gasteiger partial charge in [0.2, 0.25) is 0 Å². The fraction of sp³-hybridized carbons (Fsp3) is 0.200. The molecule has 0 saturated carbocycles. The first kappa shape index (κ1) is 13.9. The minimum atomic E-state index is -0.00424. The highest BCUT2D eigenvalue weighted by atomic mass is 16.5. The van der Waals surface area contributed by atoms with Gasteiger partial charge in [0.05, 0.1) is 12.8 Å². The summed E-state index contributed by atoms with van der Waals surface area (Å²) in [6.45, 7) is 2.35. The van der Waals surface area contributed by atoms with Gasteiger partial charge >= 0.3 is 0 Å². The first-order valence-corrected chi connectivity index (χ1v) is 6.17. The number of aromatic nitrogens is 1. The van der Waals surface area contributed by atoms with Crippen LogP contribution in [0.4, 0.5) is 0 Å². The molecule has 0 fully saturated rings. The molecule has 3 N–H and O–H groups in total. The van der Waals surface area contributed by atoms with Crippen LogP contribution in [0.2, 0.25) is 0 Å². The monoisotopic (exact) mass is 271 g/mol. The second-order valence-electron chi connectivity index (χ2n) is 4.33. The van der Waals surface area contributed by atoms with Crippen LogP contribution in [0, 0.1) is 12.3 Å². The van der Waals surface area contributed by atoms with Crippen LogP contribution in [0.1, 0.15) is 16.8 Å². The van der Waals surface area contributed by atoms with E-state index >= 15 is 0 Å². The number of benzene rings is 1. The maximum absolute atomic E-state index is 7.41. The van der Waals surface area contributed by atoms with E-state index in [1.807, 2.05) is 19.1 Å². The van der Waals surface area contributed by atoms with Gasteiger partial charge in [0, 0.05) is 11.8 Å². The van der Waals surface area contributed by atoms with Crippen molar-refractivity contribution in [1.29, 1.82) is 5.41 Å². The van der Waals surface area contributed by atoms with Gasteiger partial charge in [-0.05, 0) is 36.8 Å². The molecule has 0 radical (unpaired) electrons. The zero-order valence-electron chi connectivity index (χ0n) is 11.5. The molecule has 0 amide bonds. The third kappa shape index (κ3) is 3.06. The van der Waals surface area contributed by atoms with Gasteiger partial charge in [0.25, 0.3) is 0 Å². The molecule has 5 nitrogen and oxygen atoms in total. The Morgan fingerprint density at radius 3 is 2.75 bits per heavy atom. The van der Waals surface area contributed by atoms with Crippen LogP contribution in [0.25, 0.3) is 0 Å². The molecule has 0 unspecified atom stereocenters. The predicted octanol–water partition coefficient (Wildman–Crippen LogP) is 2.26. The summed E-state index contributed by atoms with van der Waals surface area (Å²) in [5, 5.41) is 7.41. The fourth-order valence-electron chi connectivity index (χ4n) is 1.77.